The van der Waals surface area contributed by atoms with E-state index in [1.54, 1.807) is 12.1 Å². The summed E-state index contributed by atoms with van der Waals surface area (Å²) in [6.07, 6.45) is 3.99. The molecule has 6 heteroatoms. The number of nitro benzene ring substituents is 1. The van der Waals surface area contributed by atoms with E-state index >= 15 is 0 Å². The quantitative estimate of drug-likeness (QED) is 0.122. The van der Waals surface area contributed by atoms with Crippen LogP contribution < -0.4 is 9.47 Å². The van der Waals surface area contributed by atoms with Gasteiger partial charge >= 0.3 is 5.97 Å². The van der Waals surface area contributed by atoms with E-state index < -0.39 is 10.9 Å². The van der Waals surface area contributed by atoms with Crippen molar-refractivity contribution in [3.05, 3.63) is 112 Å². The van der Waals surface area contributed by atoms with E-state index in [9.17, 15) is 14.9 Å². The minimum Gasteiger partial charge on any atom is -0.493 e. The highest BCUT2D eigenvalue weighted by atomic mass is 16.6. The van der Waals surface area contributed by atoms with Gasteiger partial charge in [-0.2, -0.15) is 0 Å². The van der Waals surface area contributed by atoms with Crippen molar-refractivity contribution in [2.75, 3.05) is 7.11 Å². The Morgan fingerprint density at radius 1 is 0.875 bits per heavy atom. The van der Waals surface area contributed by atoms with E-state index in [2.05, 4.69) is 24.3 Å². The number of fused-ring (bicyclic) bond motifs is 1. The Morgan fingerprint density at radius 2 is 1.62 bits per heavy atom. The number of benzene rings is 4. The molecular weight excluding hydrogens is 406 g/mol. The van der Waals surface area contributed by atoms with Gasteiger partial charge in [-0.15, -0.1) is 0 Å². The van der Waals surface area contributed by atoms with Crippen molar-refractivity contribution in [2.24, 2.45) is 0 Å². The highest BCUT2D eigenvalue weighted by Crippen LogP contribution is 2.30. The molecule has 0 aliphatic carbocycles. The van der Waals surface area contributed by atoms with Crippen LogP contribution in [-0.2, 0) is 0 Å². The molecule has 0 heterocycles. The van der Waals surface area contributed by atoms with Crippen LogP contribution in [0.2, 0.25) is 0 Å². The van der Waals surface area contributed by atoms with E-state index in [0.717, 1.165) is 16.5 Å². The molecule has 0 fully saturated rings. The van der Waals surface area contributed by atoms with Crippen LogP contribution in [0.15, 0.2) is 84.9 Å². The Hall–Kier alpha value is -4.45. The molecule has 0 aromatic heterocycles. The number of carbonyl (C=O) groups is 1. The van der Waals surface area contributed by atoms with Crippen molar-refractivity contribution in [1.82, 2.24) is 0 Å². The van der Waals surface area contributed by atoms with Gasteiger partial charge in [-0.25, -0.2) is 4.79 Å². The van der Waals surface area contributed by atoms with Crippen molar-refractivity contribution >= 4 is 34.6 Å². The van der Waals surface area contributed by atoms with Gasteiger partial charge in [-0.05, 0) is 46.2 Å². The van der Waals surface area contributed by atoms with Crippen LogP contribution in [0.1, 0.15) is 21.5 Å². The van der Waals surface area contributed by atoms with Gasteiger partial charge in [0.15, 0.2) is 11.5 Å². The second-order valence-corrected chi connectivity index (χ2v) is 7.01. The lowest BCUT2D eigenvalue weighted by Gasteiger charge is -2.10. The summed E-state index contributed by atoms with van der Waals surface area (Å²) in [7, 11) is 1.50. The van der Waals surface area contributed by atoms with Gasteiger partial charge < -0.3 is 9.47 Å². The zero-order chi connectivity index (χ0) is 22.5. The molecule has 4 rings (SSSR count). The number of nitrogens with zero attached hydrogens (tertiary/aromatic N) is 1. The van der Waals surface area contributed by atoms with Gasteiger partial charge in [0.2, 0.25) is 0 Å². The van der Waals surface area contributed by atoms with E-state index in [0.29, 0.717) is 5.75 Å². The number of non-ortho nitro benzene ring substituents is 1. The molecule has 4 aromatic rings. The van der Waals surface area contributed by atoms with E-state index in [1.807, 2.05) is 36.4 Å². The molecule has 0 unspecified atom stereocenters. The maximum Gasteiger partial charge on any atom is 0.343 e. The normalized spacial score (nSPS) is 10.9. The summed E-state index contributed by atoms with van der Waals surface area (Å²) in [4.78, 5) is 22.7. The van der Waals surface area contributed by atoms with Gasteiger partial charge in [0.1, 0.15) is 0 Å². The van der Waals surface area contributed by atoms with Gasteiger partial charge in [-0.3, -0.25) is 10.1 Å². The maximum absolute atomic E-state index is 12.4. The monoisotopic (exact) mass is 425 g/mol. The number of methoxy groups -OCH3 is 1. The Morgan fingerprint density at radius 3 is 2.38 bits per heavy atom. The summed E-state index contributed by atoms with van der Waals surface area (Å²) in [5, 5.41) is 13.1. The van der Waals surface area contributed by atoms with Crippen molar-refractivity contribution in [3.63, 3.8) is 0 Å². The molecule has 0 N–H and O–H groups in total. The van der Waals surface area contributed by atoms with Gasteiger partial charge in [-0.1, -0.05) is 60.7 Å². The van der Waals surface area contributed by atoms with Crippen LogP contribution in [0, 0.1) is 10.1 Å². The summed E-state index contributed by atoms with van der Waals surface area (Å²) in [5.74, 6) is 0.0377. The third kappa shape index (κ3) is 4.49. The van der Waals surface area contributed by atoms with Gasteiger partial charge in [0.25, 0.3) is 5.69 Å². The third-order valence-corrected chi connectivity index (χ3v) is 4.98. The van der Waals surface area contributed by atoms with Crippen molar-refractivity contribution in [1.29, 1.82) is 0 Å². The van der Waals surface area contributed by atoms with Gasteiger partial charge in [0, 0.05) is 12.1 Å². The molecule has 0 atom stereocenters. The molecule has 0 spiro atoms. The molecule has 158 valence electrons. The predicted octanol–water partition coefficient (Wildman–Crippen LogP) is 6.15. The highest BCUT2D eigenvalue weighted by Gasteiger charge is 2.14. The fourth-order valence-electron chi connectivity index (χ4n) is 3.33. The second-order valence-electron chi connectivity index (χ2n) is 7.01. The summed E-state index contributed by atoms with van der Waals surface area (Å²) in [6, 6.07) is 24.8. The Bertz CT molecular complexity index is 1320. The zero-order valence-electron chi connectivity index (χ0n) is 17.2. The lowest BCUT2D eigenvalue weighted by Crippen LogP contribution is -2.09. The van der Waals surface area contributed by atoms with Crippen molar-refractivity contribution < 1.29 is 19.2 Å². The minimum absolute atomic E-state index is 0.0959. The number of ether oxygens (including phenoxy) is 2. The minimum atomic E-state index is -0.628. The largest absolute Gasteiger partial charge is 0.493 e. The third-order valence-electron chi connectivity index (χ3n) is 4.98. The molecule has 6 nitrogen and oxygen atoms in total. The SMILES string of the molecule is COc1cc(C=Cc2cccc3ccccc23)ccc1OC(=O)c1ccc([N+](=O)[O-])cc1. The van der Waals surface area contributed by atoms with Crippen molar-refractivity contribution in [2.45, 2.75) is 0 Å². The van der Waals surface area contributed by atoms with Crippen LogP contribution in [0.3, 0.4) is 0 Å². The summed E-state index contributed by atoms with van der Waals surface area (Å²) in [6.45, 7) is 0. The average Bonchev–Trinajstić information content (AvgIpc) is 2.83. The molecular formula is C26H19NO5. The summed E-state index contributed by atoms with van der Waals surface area (Å²) in [5.41, 5.74) is 2.08. The first-order valence-corrected chi connectivity index (χ1v) is 9.85. The highest BCUT2D eigenvalue weighted by molar-refractivity contribution is 5.93. The second kappa shape index (κ2) is 9.14. The average molecular weight is 425 g/mol. The van der Waals surface area contributed by atoms with Crippen LogP contribution in [0.25, 0.3) is 22.9 Å². The molecule has 0 aliphatic rings. The first-order chi connectivity index (χ1) is 15.5. The Labute approximate surface area is 184 Å². The van der Waals surface area contributed by atoms with E-state index in [-0.39, 0.29) is 17.0 Å². The molecule has 0 aliphatic heterocycles. The number of carbonyl (C=O) groups excluding carboxylic acids is 1. The van der Waals surface area contributed by atoms with Crippen LogP contribution in [-0.4, -0.2) is 18.0 Å². The standard InChI is InChI=1S/C26H19NO5/c1-31-25-17-18(9-11-20-7-4-6-19-5-2-3-8-23(19)20)10-16-24(25)32-26(28)21-12-14-22(15-13-21)27(29)30/h2-17H,1H3. The topological polar surface area (TPSA) is 78.7 Å². The van der Waals surface area contributed by atoms with Crippen LogP contribution in [0.5, 0.6) is 11.5 Å². The number of rotatable bonds is 6. The number of esters is 1. The molecule has 0 radical (unpaired) electrons. The lowest BCUT2D eigenvalue weighted by molar-refractivity contribution is -0.384. The van der Waals surface area contributed by atoms with Crippen LogP contribution >= 0.6 is 0 Å². The molecule has 4 aromatic carbocycles. The van der Waals surface area contributed by atoms with Crippen LogP contribution in [0.4, 0.5) is 5.69 Å². The molecule has 0 amide bonds. The fourth-order valence-corrected chi connectivity index (χ4v) is 3.33. The number of hydrogen-bond donors (Lipinski definition) is 0. The lowest BCUT2D eigenvalue weighted by atomic mass is 10.0. The number of hydrogen-bond acceptors (Lipinski definition) is 5. The predicted molar refractivity (Wildman–Crippen MR) is 124 cm³/mol. The number of nitro groups is 1. The van der Waals surface area contributed by atoms with E-state index in [4.69, 9.17) is 9.47 Å². The first-order valence-electron chi connectivity index (χ1n) is 9.85. The zero-order valence-corrected chi connectivity index (χ0v) is 17.2. The summed E-state index contributed by atoms with van der Waals surface area (Å²) < 4.78 is 10.8. The first kappa shape index (κ1) is 20.8. The van der Waals surface area contributed by atoms with E-state index in [1.165, 1.54) is 36.8 Å². The van der Waals surface area contributed by atoms with Crippen molar-refractivity contribution in [3.8, 4) is 11.5 Å². The molecule has 32 heavy (non-hydrogen) atoms. The smallest absolute Gasteiger partial charge is 0.343 e. The Balaban J connectivity index is 1.54. The summed E-state index contributed by atoms with van der Waals surface area (Å²) >= 11 is 0. The molecule has 0 saturated carbocycles. The molecule has 0 bridgehead atoms. The fraction of sp³-hybridized carbons (Fsp3) is 0.0385. The van der Waals surface area contributed by atoms with Gasteiger partial charge in [0.05, 0.1) is 17.6 Å². The maximum atomic E-state index is 12.4. The Kier molecular flexibility index (Phi) is 5.94. The molecule has 0 saturated heterocycles.